The first-order valence-corrected chi connectivity index (χ1v) is 4.94. The largest absolute Gasteiger partial charge is 0.363 e. The smallest absolute Gasteiger partial charge is 0.0912 e. The molecule has 0 fully saturated rings. The highest BCUT2D eigenvalue weighted by Crippen LogP contribution is 2.44. The van der Waals surface area contributed by atoms with Gasteiger partial charge in [-0.05, 0) is 31.4 Å². The maximum atomic E-state index is 5.97. The van der Waals surface area contributed by atoms with E-state index in [1.165, 1.54) is 11.1 Å². The van der Waals surface area contributed by atoms with Gasteiger partial charge >= 0.3 is 0 Å². The highest BCUT2D eigenvalue weighted by molar-refractivity contribution is 5.37. The fourth-order valence-corrected chi connectivity index (χ4v) is 2.12. The van der Waals surface area contributed by atoms with Gasteiger partial charge in [-0.3, -0.25) is 0 Å². The van der Waals surface area contributed by atoms with Crippen LogP contribution in [0.3, 0.4) is 0 Å². The Morgan fingerprint density at radius 2 is 2.08 bits per heavy atom. The van der Waals surface area contributed by atoms with E-state index in [1.54, 1.807) is 0 Å². The molecular formula is C12H16O. The lowest BCUT2D eigenvalue weighted by molar-refractivity contribution is -0.0591. The van der Waals surface area contributed by atoms with E-state index in [0.717, 1.165) is 6.42 Å². The summed E-state index contributed by atoms with van der Waals surface area (Å²) in [5.74, 6) is 0. The number of benzene rings is 1. The molecule has 0 aromatic heterocycles. The zero-order chi connectivity index (χ0) is 9.47. The second kappa shape index (κ2) is 2.85. The minimum atomic E-state index is -0.0595. The van der Waals surface area contributed by atoms with Crippen LogP contribution in [0.25, 0.3) is 0 Å². The van der Waals surface area contributed by atoms with Crippen LogP contribution in [0.2, 0.25) is 0 Å². The Bertz CT molecular complexity index is 319. The van der Waals surface area contributed by atoms with Crippen molar-refractivity contribution in [3.63, 3.8) is 0 Å². The average molecular weight is 176 g/mol. The molecule has 0 amide bonds. The van der Waals surface area contributed by atoms with Crippen LogP contribution in [0.5, 0.6) is 0 Å². The van der Waals surface area contributed by atoms with E-state index in [9.17, 15) is 0 Å². The molecule has 1 heteroatoms. The lowest BCUT2D eigenvalue weighted by atomic mass is 9.91. The molecule has 1 aliphatic heterocycles. The number of hydrogen-bond acceptors (Lipinski definition) is 1. The molecule has 70 valence electrons. The fourth-order valence-electron chi connectivity index (χ4n) is 2.12. The highest BCUT2D eigenvalue weighted by atomic mass is 16.5. The van der Waals surface area contributed by atoms with Crippen molar-refractivity contribution in [2.45, 2.75) is 38.9 Å². The van der Waals surface area contributed by atoms with E-state index in [4.69, 9.17) is 4.74 Å². The molecule has 0 aliphatic carbocycles. The van der Waals surface area contributed by atoms with Crippen LogP contribution in [0, 0.1) is 0 Å². The Hall–Kier alpha value is -0.820. The molecule has 1 nitrogen and oxygen atoms in total. The minimum Gasteiger partial charge on any atom is -0.363 e. The summed E-state index contributed by atoms with van der Waals surface area (Å²) in [4.78, 5) is 0. The van der Waals surface area contributed by atoms with Crippen LogP contribution in [0.15, 0.2) is 24.3 Å². The van der Waals surface area contributed by atoms with E-state index >= 15 is 0 Å². The summed E-state index contributed by atoms with van der Waals surface area (Å²) < 4.78 is 5.97. The van der Waals surface area contributed by atoms with Gasteiger partial charge in [0.25, 0.3) is 0 Å². The minimum absolute atomic E-state index is 0.0595. The van der Waals surface area contributed by atoms with Crippen molar-refractivity contribution in [2.24, 2.45) is 0 Å². The summed E-state index contributed by atoms with van der Waals surface area (Å²) >= 11 is 0. The van der Waals surface area contributed by atoms with E-state index < -0.39 is 0 Å². The van der Waals surface area contributed by atoms with Crippen LogP contribution in [-0.4, -0.2) is 0 Å². The molecule has 2 unspecified atom stereocenters. The molecule has 1 aromatic rings. The van der Waals surface area contributed by atoms with Gasteiger partial charge in [-0.2, -0.15) is 0 Å². The van der Waals surface area contributed by atoms with Crippen molar-refractivity contribution in [3.8, 4) is 0 Å². The standard InChI is InChI=1S/C12H16O/c1-4-12(3)11-8-6-5-7-10(11)9(2)13-12/h5-9H,4H2,1-3H3. The van der Waals surface area contributed by atoms with Crippen LogP contribution < -0.4 is 0 Å². The van der Waals surface area contributed by atoms with Gasteiger partial charge in [0.15, 0.2) is 0 Å². The van der Waals surface area contributed by atoms with Crippen molar-refractivity contribution in [3.05, 3.63) is 35.4 Å². The van der Waals surface area contributed by atoms with Gasteiger partial charge in [0.2, 0.25) is 0 Å². The second-order valence-electron chi connectivity index (χ2n) is 3.93. The third-order valence-electron chi connectivity index (χ3n) is 3.08. The first kappa shape index (κ1) is 8.76. The molecule has 2 rings (SSSR count). The van der Waals surface area contributed by atoms with E-state index in [1.807, 2.05) is 0 Å². The van der Waals surface area contributed by atoms with Crippen LogP contribution in [-0.2, 0) is 10.3 Å². The van der Waals surface area contributed by atoms with Crippen molar-refractivity contribution < 1.29 is 4.74 Å². The summed E-state index contributed by atoms with van der Waals surface area (Å²) in [5.41, 5.74) is 2.66. The summed E-state index contributed by atoms with van der Waals surface area (Å²) in [6.07, 6.45) is 1.29. The number of ether oxygens (including phenoxy) is 1. The Morgan fingerprint density at radius 3 is 2.77 bits per heavy atom. The summed E-state index contributed by atoms with van der Waals surface area (Å²) in [5, 5.41) is 0. The molecule has 0 N–H and O–H groups in total. The maximum Gasteiger partial charge on any atom is 0.0912 e. The molecule has 0 spiro atoms. The Labute approximate surface area is 79.7 Å². The van der Waals surface area contributed by atoms with E-state index in [2.05, 4.69) is 45.0 Å². The van der Waals surface area contributed by atoms with Gasteiger partial charge in [0.1, 0.15) is 0 Å². The molecule has 1 aliphatic rings. The highest BCUT2D eigenvalue weighted by Gasteiger charge is 2.37. The molecule has 0 saturated heterocycles. The van der Waals surface area contributed by atoms with E-state index in [0.29, 0.717) is 0 Å². The maximum absolute atomic E-state index is 5.97. The zero-order valence-corrected chi connectivity index (χ0v) is 8.50. The third-order valence-corrected chi connectivity index (χ3v) is 3.08. The fraction of sp³-hybridized carbons (Fsp3) is 0.500. The van der Waals surface area contributed by atoms with Crippen molar-refractivity contribution in [1.29, 1.82) is 0 Å². The van der Waals surface area contributed by atoms with Crippen LogP contribution in [0.4, 0.5) is 0 Å². The topological polar surface area (TPSA) is 9.23 Å². The van der Waals surface area contributed by atoms with Crippen LogP contribution >= 0.6 is 0 Å². The summed E-state index contributed by atoms with van der Waals surface area (Å²) in [7, 11) is 0. The Morgan fingerprint density at radius 1 is 1.38 bits per heavy atom. The number of rotatable bonds is 1. The SMILES string of the molecule is CCC1(C)OC(C)c2ccccc21. The molecule has 0 saturated carbocycles. The monoisotopic (exact) mass is 176 g/mol. The Balaban J connectivity index is 2.53. The molecule has 0 radical (unpaired) electrons. The molecule has 0 bridgehead atoms. The molecule has 2 atom stereocenters. The van der Waals surface area contributed by atoms with Gasteiger partial charge in [-0.25, -0.2) is 0 Å². The van der Waals surface area contributed by atoms with Crippen molar-refractivity contribution in [2.75, 3.05) is 0 Å². The second-order valence-corrected chi connectivity index (χ2v) is 3.93. The zero-order valence-electron chi connectivity index (χ0n) is 8.50. The lowest BCUT2D eigenvalue weighted by Crippen LogP contribution is -2.19. The molecule has 1 heterocycles. The lowest BCUT2D eigenvalue weighted by Gasteiger charge is -2.23. The normalized spacial score (nSPS) is 31.8. The quantitative estimate of drug-likeness (QED) is 0.637. The average Bonchev–Trinajstić information content (AvgIpc) is 2.42. The van der Waals surface area contributed by atoms with Gasteiger partial charge in [0.05, 0.1) is 11.7 Å². The molecule has 1 aromatic carbocycles. The predicted molar refractivity (Wildman–Crippen MR) is 53.6 cm³/mol. The Kier molecular flexibility index (Phi) is 1.92. The number of hydrogen-bond donors (Lipinski definition) is 0. The molecular weight excluding hydrogens is 160 g/mol. The summed E-state index contributed by atoms with van der Waals surface area (Å²) in [6.45, 7) is 6.48. The van der Waals surface area contributed by atoms with Gasteiger partial charge in [0, 0.05) is 0 Å². The first-order valence-electron chi connectivity index (χ1n) is 4.94. The van der Waals surface area contributed by atoms with Crippen LogP contribution in [0.1, 0.15) is 44.4 Å². The summed E-state index contributed by atoms with van der Waals surface area (Å²) in [6, 6.07) is 8.53. The predicted octanol–water partition coefficient (Wildman–Crippen LogP) is 3.40. The van der Waals surface area contributed by atoms with E-state index in [-0.39, 0.29) is 11.7 Å². The first-order chi connectivity index (χ1) is 6.17. The van der Waals surface area contributed by atoms with Gasteiger partial charge in [-0.15, -0.1) is 0 Å². The van der Waals surface area contributed by atoms with Crippen molar-refractivity contribution in [1.82, 2.24) is 0 Å². The van der Waals surface area contributed by atoms with Gasteiger partial charge in [-0.1, -0.05) is 31.2 Å². The van der Waals surface area contributed by atoms with Gasteiger partial charge < -0.3 is 4.74 Å². The van der Waals surface area contributed by atoms with Crippen molar-refractivity contribution >= 4 is 0 Å². The third kappa shape index (κ3) is 1.19. The molecule has 13 heavy (non-hydrogen) atoms. The number of fused-ring (bicyclic) bond motifs is 1.